The van der Waals surface area contributed by atoms with Crippen molar-refractivity contribution in [3.05, 3.63) is 0 Å². The van der Waals surface area contributed by atoms with Gasteiger partial charge in [0.1, 0.15) is 0 Å². The minimum Gasteiger partial charge on any atom is -0.467 e. The van der Waals surface area contributed by atoms with Gasteiger partial charge in [-0.05, 0) is 0 Å². The van der Waals surface area contributed by atoms with Gasteiger partial charge in [-0.15, -0.1) is 0 Å². The van der Waals surface area contributed by atoms with Crippen LogP contribution >= 0.6 is 0 Å². The third-order valence-electron chi connectivity index (χ3n) is 1.38. The maximum absolute atomic E-state index is 10.9. The second-order valence-corrected chi connectivity index (χ2v) is 2.31. The standard InChI is InChI=1S/C7H14N2O4/c1-12-4-3-9-5(6(8)10)7(11)13-2/h5,9H,3-4H2,1-2H3,(H2,8,10). The van der Waals surface area contributed by atoms with E-state index in [-0.39, 0.29) is 0 Å². The molecule has 6 nitrogen and oxygen atoms in total. The summed E-state index contributed by atoms with van der Waals surface area (Å²) < 4.78 is 9.08. The zero-order valence-electron chi connectivity index (χ0n) is 7.70. The fourth-order valence-electron chi connectivity index (χ4n) is 0.723. The van der Waals surface area contributed by atoms with Crippen molar-refractivity contribution in [3.63, 3.8) is 0 Å². The van der Waals surface area contributed by atoms with Gasteiger partial charge in [-0.2, -0.15) is 0 Å². The number of rotatable bonds is 6. The summed E-state index contributed by atoms with van der Waals surface area (Å²) >= 11 is 0. The molecular formula is C7H14N2O4. The second kappa shape index (κ2) is 6.38. The molecule has 0 spiro atoms. The first-order chi connectivity index (χ1) is 6.13. The van der Waals surface area contributed by atoms with E-state index >= 15 is 0 Å². The van der Waals surface area contributed by atoms with Crippen LogP contribution in [0.2, 0.25) is 0 Å². The smallest absolute Gasteiger partial charge is 0.332 e. The maximum Gasteiger partial charge on any atom is 0.332 e. The first kappa shape index (κ1) is 11.9. The number of ether oxygens (including phenoxy) is 2. The first-order valence-electron chi connectivity index (χ1n) is 3.73. The molecule has 0 aromatic carbocycles. The number of carbonyl (C=O) groups is 2. The van der Waals surface area contributed by atoms with Crippen LogP contribution < -0.4 is 11.1 Å². The van der Waals surface area contributed by atoms with Crippen LogP contribution in [0, 0.1) is 0 Å². The van der Waals surface area contributed by atoms with E-state index < -0.39 is 17.9 Å². The van der Waals surface area contributed by atoms with Gasteiger partial charge in [0.2, 0.25) is 5.91 Å². The lowest BCUT2D eigenvalue weighted by Gasteiger charge is -2.11. The molecule has 0 aromatic rings. The van der Waals surface area contributed by atoms with Crippen molar-refractivity contribution < 1.29 is 19.1 Å². The highest BCUT2D eigenvalue weighted by Crippen LogP contribution is 1.86. The van der Waals surface area contributed by atoms with Crippen LogP contribution in [0.4, 0.5) is 0 Å². The zero-order valence-corrected chi connectivity index (χ0v) is 7.70. The Balaban J connectivity index is 3.95. The number of carbonyl (C=O) groups excluding carboxylic acids is 2. The molecule has 0 saturated carbocycles. The summed E-state index contributed by atoms with van der Waals surface area (Å²) in [4.78, 5) is 21.6. The van der Waals surface area contributed by atoms with Crippen molar-refractivity contribution in [1.82, 2.24) is 5.32 Å². The Bertz CT molecular complexity index is 183. The van der Waals surface area contributed by atoms with E-state index in [1.165, 1.54) is 14.2 Å². The maximum atomic E-state index is 10.9. The summed E-state index contributed by atoms with van der Waals surface area (Å²) in [5, 5.41) is 2.60. The van der Waals surface area contributed by atoms with Crippen LogP contribution in [0.25, 0.3) is 0 Å². The molecule has 3 N–H and O–H groups in total. The van der Waals surface area contributed by atoms with E-state index in [9.17, 15) is 9.59 Å². The summed E-state index contributed by atoms with van der Waals surface area (Å²) in [6.07, 6.45) is 0. The molecule has 0 aromatic heterocycles. The highest BCUT2D eigenvalue weighted by molar-refractivity contribution is 6.01. The van der Waals surface area contributed by atoms with Crippen LogP contribution in [0.3, 0.4) is 0 Å². The van der Waals surface area contributed by atoms with Crippen molar-refractivity contribution in [1.29, 1.82) is 0 Å². The van der Waals surface area contributed by atoms with E-state index in [0.717, 1.165) is 0 Å². The Morgan fingerprint density at radius 1 is 1.46 bits per heavy atom. The lowest BCUT2D eigenvalue weighted by molar-refractivity contribution is -0.146. The number of nitrogens with two attached hydrogens (primary N) is 1. The summed E-state index contributed by atoms with van der Waals surface area (Å²) in [6.45, 7) is 0.750. The van der Waals surface area contributed by atoms with Gasteiger partial charge in [-0.3, -0.25) is 10.1 Å². The largest absolute Gasteiger partial charge is 0.467 e. The van der Waals surface area contributed by atoms with Gasteiger partial charge in [-0.1, -0.05) is 0 Å². The Kier molecular flexibility index (Phi) is 5.82. The molecule has 0 aliphatic heterocycles. The van der Waals surface area contributed by atoms with Gasteiger partial charge in [0.25, 0.3) is 0 Å². The molecular weight excluding hydrogens is 176 g/mol. The lowest BCUT2D eigenvalue weighted by atomic mass is 10.3. The minimum atomic E-state index is -1.10. The predicted molar refractivity (Wildman–Crippen MR) is 44.9 cm³/mol. The molecule has 13 heavy (non-hydrogen) atoms. The number of hydrogen-bond acceptors (Lipinski definition) is 5. The fraction of sp³-hybridized carbons (Fsp3) is 0.714. The molecule has 0 fully saturated rings. The molecule has 0 bridgehead atoms. The van der Waals surface area contributed by atoms with E-state index in [4.69, 9.17) is 10.5 Å². The Labute approximate surface area is 76.4 Å². The fourth-order valence-corrected chi connectivity index (χ4v) is 0.723. The van der Waals surface area contributed by atoms with Crippen molar-refractivity contribution in [3.8, 4) is 0 Å². The van der Waals surface area contributed by atoms with Crippen LogP contribution in [0.5, 0.6) is 0 Å². The monoisotopic (exact) mass is 190 g/mol. The van der Waals surface area contributed by atoms with Crippen molar-refractivity contribution in [2.24, 2.45) is 5.73 Å². The lowest BCUT2D eigenvalue weighted by Crippen LogP contribution is -2.48. The van der Waals surface area contributed by atoms with Gasteiger partial charge in [0.05, 0.1) is 13.7 Å². The minimum absolute atomic E-state index is 0.360. The Hall–Kier alpha value is -1.14. The molecule has 1 atom stereocenters. The molecule has 0 radical (unpaired) electrons. The molecule has 6 heteroatoms. The second-order valence-electron chi connectivity index (χ2n) is 2.31. The molecule has 0 heterocycles. The van der Waals surface area contributed by atoms with E-state index in [1.54, 1.807) is 0 Å². The van der Waals surface area contributed by atoms with Gasteiger partial charge < -0.3 is 15.2 Å². The first-order valence-corrected chi connectivity index (χ1v) is 3.73. The number of esters is 1. The summed E-state index contributed by atoms with van der Waals surface area (Å²) in [6, 6.07) is -1.10. The molecule has 1 amide bonds. The molecule has 76 valence electrons. The van der Waals surface area contributed by atoms with Crippen molar-refractivity contribution in [2.45, 2.75) is 6.04 Å². The third-order valence-corrected chi connectivity index (χ3v) is 1.38. The topological polar surface area (TPSA) is 90.6 Å². The van der Waals surface area contributed by atoms with Gasteiger partial charge in [-0.25, -0.2) is 4.79 Å². The number of nitrogens with one attached hydrogen (secondary N) is 1. The van der Waals surface area contributed by atoms with E-state index in [0.29, 0.717) is 13.2 Å². The van der Waals surface area contributed by atoms with Gasteiger partial charge in [0, 0.05) is 13.7 Å². The highest BCUT2D eigenvalue weighted by atomic mass is 16.5. The van der Waals surface area contributed by atoms with Crippen molar-refractivity contribution in [2.75, 3.05) is 27.4 Å². The summed E-state index contributed by atoms with van der Waals surface area (Å²) in [5.41, 5.74) is 4.95. The predicted octanol–water partition coefficient (Wildman–Crippen LogP) is -1.75. The average Bonchev–Trinajstić information content (AvgIpc) is 2.11. The Morgan fingerprint density at radius 2 is 2.08 bits per heavy atom. The summed E-state index contributed by atoms with van der Waals surface area (Å²) in [5.74, 6) is -1.45. The quantitative estimate of drug-likeness (QED) is 0.294. The molecule has 0 saturated heterocycles. The average molecular weight is 190 g/mol. The molecule has 0 rings (SSSR count). The van der Waals surface area contributed by atoms with Gasteiger partial charge >= 0.3 is 5.97 Å². The van der Waals surface area contributed by atoms with Crippen LogP contribution in [-0.4, -0.2) is 45.3 Å². The number of amides is 1. The van der Waals surface area contributed by atoms with Crippen molar-refractivity contribution >= 4 is 11.9 Å². The highest BCUT2D eigenvalue weighted by Gasteiger charge is 2.23. The van der Waals surface area contributed by atoms with Crippen LogP contribution in [0.15, 0.2) is 0 Å². The Morgan fingerprint density at radius 3 is 2.46 bits per heavy atom. The van der Waals surface area contributed by atoms with E-state index in [2.05, 4.69) is 10.1 Å². The molecule has 0 aliphatic rings. The third kappa shape index (κ3) is 4.44. The number of primary amides is 1. The molecule has 0 aliphatic carbocycles. The zero-order chi connectivity index (χ0) is 10.3. The molecule has 1 unspecified atom stereocenters. The number of hydrogen-bond donors (Lipinski definition) is 2. The van der Waals surface area contributed by atoms with Crippen LogP contribution in [-0.2, 0) is 19.1 Å². The SMILES string of the molecule is COCCNC(C(N)=O)C(=O)OC. The van der Waals surface area contributed by atoms with Gasteiger partial charge in [0.15, 0.2) is 6.04 Å². The normalized spacial score (nSPS) is 12.2. The summed E-state index contributed by atoms with van der Waals surface area (Å²) in [7, 11) is 2.70. The number of methoxy groups -OCH3 is 2. The van der Waals surface area contributed by atoms with Crippen LogP contribution in [0.1, 0.15) is 0 Å². The van der Waals surface area contributed by atoms with E-state index in [1.807, 2.05) is 0 Å².